The van der Waals surface area contributed by atoms with E-state index in [0.717, 1.165) is 5.56 Å². The maximum Gasteiger partial charge on any atom is 0.254 e. The summed E-state index contributed by atoms with van der Waals surface area (Å²) in [4.78, 5) is 30.6. The van der Waals surface area contributed by atoms with Gasteiger partial charge in [-0.05, 0) is 5.56 Å². The van der Waals surface area contributed by atoms with Gasteiger partial charge in [0.2, 0.25) is 5.91 Å². The third kappa shape index (κ3) is 4.27. The number of hydrogen-bond donors (Lipinski definition) is 2. The number of benzene rings is 1. The van der Waals surface area contributed by atoms with Crippen molar-refractivity contribution in [1.82, 2.24) is 15.3 Å². The fourth-order valence-corrected chi connectivity index (χ4v) is 1.89. The van der Waals surface area contributed by atoms with Gasteiger partial charge in [0.15, 0.2) is 0 Å². The van der Waals surface area contributed by atoms with Gasteiger partial charge in [0, 0.05) is 24.2 Å². The number of rotatable bonds is 5. The fraction of sp³-hybridized carbons (Fsp3) is 0.312. The number of aromatic nitrogens is 2. The van der Waals surface area contributed by atoms with Gasteiger partial charge < -0.3 is 10.3 Å². The predicted octanol–water partition coefficient (Wildman–Crippen LogP) is 1.75. The molecule has 2 rings (SSSR count). The normalized spacial score (nSPS) is 10.6. The van der Waals surface area contributed by atoms with Crippen molar-refractivity contribution < 1.29 is 4.79 Å². The highest BCUT2D eigenvalue weighted by atomic mass is 16.2. The summed E-state index contributed by atoms with van der Waals surface area (Å²) < 4.78 is 0. The van der Waals surface area contributed by atoms with Crippen molar-refractivity contribution in [2.75, 3.05) is 0 Å². The lowest BCUT2D eigenvalue weighted by Crippen LogP contribution is -2.28. The second-order valence-corrected chi connectivity index (χ2v) is 5.22. The van der Waals surface area contributed by atoms with E-state index in [1.807, 2.05) is 44.2 Å². The van der Waals surface area contributed by atoms with E-state index in [1.165, 1.54) is 6.20 Å². The van der Waals surface area contributed by atoms with Gasteiger partial charge in [-0.15, -0.1) is 0 Å². The standard InChI is InChI=1S/C16H19N3O2/c1-11(2)15-18-10-13(16(21)19-15)8-14(20)17-9-12-6-4-3-5-7-12/h3-7,10-11H,8-9H2,1-2H3,(H,17,20)(H,18,19,21). The molecule has 0 aliphatic carbocycles. The van der Waals surface area contributed by atoms with Crippen molar-refractivity contribution in [3.63, 3.8) is 0 Å². The largest absolute Gasteiger partial charge is 0.352 e. The number of H-pyrrole nitrogens is 1. The van der Waals surface area contributed by atoms with Crippen LogP contribution in [-0.4, -0.2) is 15.9 Å². The monoisotopic (exact) mass is 285 g/mol. The summed E-state index contributed by atoms with van der Waals surface area (Å²) in [5.74, 6) is 0.593. The summed E-state index contributed by atoms with van der Waals surface area (Å²) in [5.41, 5.74) is 1.15. The molecule has 5 nitrogen and oxygen atoms in total. The van der Waals surface area contributed by atoms with Crippen LogP contribution in [0.25, 0.3) is 0 Å². The quantitative estimate of drug-likeness (QED) is 0.879. The number of amides is 1. The number of aromatic amines is 1. The molecule has 0 fully saturated rings. The van der Waals surface area contributed by atoms with Crippen molar-refractivity contribution >= 4 is 5.91 Å². The van der Waals surface area contributed by atoms with Crippen molar-refractivity contribution in [1.29, 1.82) is 0 Å². The summed E-state index contributed by atoms with van der Waals surface area (Å²) >= 11 is 0. The highest BCUT2D eigenvalue weighted by Gasteiger charge is 2.09. The summed E-state index contributed by atoms with van der Waals surface area (Å²) in [7, 11) is 0. The van der Waals surface area contributed by atoms with E-state index >= 15 is 0 Å². The van der Waals surface area contributed by atoms with E-state index < -0.39 is 0 Å². The number of carbonyl (C=O) groups is 1. The molecule has 2 aromatic rings. The first-order valence-corrected chi connectivity index (χ1v) is 6.95. The van der Waals surface area contributed by atoms with Gasteiger partial charge in [0.05, 0.1) is 6.42 Å². The van der Waals surface area contributed by atoms with Crippen molar-refractivity contribution in [3.05, 3.63) is 63.8 Å². The molecular formula is C16H19N3O2. The minimum atomic E-state index is -0.247. The van der Waals surface area contributed by atoms with Gasteiger partial charge in [-0.3, -0.25) is 9.59 Å². The third-order valence-corrected chi connectivity index (χ3v) is 3.12. The molecule has 0 saturated carbocycles. The Kier molecular flexibility index (Phi) is 4.87. The Morgan fingerprint density at radius 2 is 2.00 bits per heavy atom. The van der Waals surface area contributed by atoms with Gasteiger partial charge >= 0.3 is 0 Å². The minimum absolute atomic E-state index is 0.0353. The molecule has 21 heavy (non-hydrogen) atoms. The van der Waals surface area contributed by atoms with Crippen LogP contribution in [0, 0.1) is 0 Å². The lowest BCUT2D eigenvalue weighted by molar-refractivity contribution is -0.120. The van der Waals surface area contributed by atoms with Gasteiger partial charge in [-0.2, -0.15) is 0 Å². The zero-order valence-electron chi connectivity index (χ0n) is 12.2. The molecule has 0 aliphatic heterocycles. The average Bonchev–Trinajstić information content (AvgIpc) is 2.48. The van der Waals surface area contributed by atoms with Gasteiger partial charge in [0.25, 0.3) is 5.56 Å². The fourth-order valence-electron chi connectivity index (χ4n) is 1.89. The van der Waals surface area contributed by atoms with Crippen LogP contribution in [0.15, 0.2) is 41.3 Å². The van der Waals surface area contributed by atoms with Crippen molar-refractivity contribution in [2.24, 2.45) is 0 Å². The molecule has 0 unspecified atom stereocenters. The van der Waals surface area contributed by atoms with Crippen LogP contribution >= 0.6 is 0 Å². The van der Waals surface area contributed by atoms with E-state index in [0.29, 0.717) is 17.9 Å². The third-order valence-electron chi connectivity index (χ3n) is 3.12. The Balaban J connectivity index is 1.95. The molecule has 1 aromatic heterocycles. The summed E-state index contributed by atoms with van der Waals surface area (Å²) in [6.07, 6.45) is 1.52. The minimum Gasteiger partial charge on any atom is -0.352 e. The van der Waals surface area contributed by atoms with Gasteiger partial charge in [-0.25, -0.2) is 4.98 Å². The molecule has 2 N–H and O–H groups in total. The Morgan fingerprint density at radius 1 is 1.29 bits per heavy atom. The first-order chi connectivity index (χ1) is 10.1. The Bertz CT molecular complexity index is 663. The molecule has 0 atom stereocenters. The first kappa shape index (κ1) is 15.0. The van der Waals surface area contributed by atoms with E-state index in [2.05, 4.69) is 15.3 Å². The van der Waals surface area contributed by atoms with Crippen LogP contribution < -0.4 is 10.9 Å². The average molecular weight is 285 g/mol. The first-order valence-electron chi connectivity index (χ1n) is 6.95. The smallest absolute Gasteiger partial charge is 0.254 e. The molecule has 0 bridgehead atoms. The molecule has 5 heteroatoms. The maximum atomic E-state index is 11.9. The lowest BCUT2D eigenvalue weighted by Gasteiger charge is -2.07. The molecule has 0 saturated heterocycles. The summed E-state index contributed by atoms with van der Waals surface area (Å²) in [6.45, 7) is 4.35. The zero-order valence-corrected chi connectivity index (χ0v) is 12.2. The summed E-state index contributed by atoms with van der Waals surface area (Å²) in [6, 6.07) is 9.63. The highest BCUT2D eigenvalue weighted by molar-refractivity contribution is 5.78. The zero-order chi connectivity index (χ0) is 15.2. The Hall–Kier alpha value is -2.43. The number of nitrogens with zero attached hydrogens (tertiary/aromatic N) is 1. The lowest BCUT2D eigenvalue weighted by atomic mass is 10.2. The predicted molar refractivity (Wildman–Crippen MR) is 80.9 cm³/mol. The number of hydrogen-bond acceptors (Lipinski definition) is 3. The van der Waals surface area contributed by atoms with Crippen LogP contribution in [0.2, 0.25) is 0 Å². The van der Waals surface area contributed by atoms with E-state index in [4.69, 9.17) is 0 Å². The number of carbonyl (C=O) groups excluding carboxylic acids is 1. The van der Waals surface area contributed by atoms with Crippen LogP contribution in [0.5, 0.6) is 0 Å². The van der Waals surface area contributed by atoms with Crippen LogP contribution in [0.4, 0.5) is 0 Å². The molecule has 0 spiro atoms. The molecule has 1 aromatic carbocycles. The van der Waals surface area contributed by atoms with Gasteiger partial charge in [0.1, 0.15) is 5.82 Å². The van der Waals surface area contributed by atoms with Gasteiger partial charge in [-0.1, -0.05) is 44.2 Å². The SMILES string of the molecule is CC(C)c1ncc(CC(=O)NCc2ccccc2)c(=O)[nH]1. The Morgan fingerprint density at radius 3 is 2.62 bits per heavy atom. The van der Waals surface area contributed by atoms with E-state index in [9.17, 15) is 9.59 Å². The highest BCUT2D eigenvalue weighted by Crippen LogP contribution is 2.05. The van der Waals surface area contributed by atoms with Crippen molar-refractivity contribution in [3.8, 4) is 0 Å². The second-order valence-electron chi connectivity index (χ2n) is 5.22. The molecule has 0 radical (unpaired) electrons. The van der Waals surface area contributed by atoms with Crippen molar-refractivity contribution in [2.45, 2.75) is 32.7 Å². The van der Waals surface area contributed by atoms with E-state index in [1.54, 1.807) is 0 Å². The molecular weight excluding hydrogens is 266 g/mol. The summed E-state index contributed by atoms with van der Waals surface area (Å²) in [5, 5.41) is 2.79. The van der Waals surface area contributed by atoms with Crippen LogP contribution in [0.1, 0.15) is 36.7 Å². The molecule has 1 amide bonds. The molecule has 1 heterocycles. The number of nitrogens with one attached hydrogen (secondary N) is 2. The molecule has 110 valence electrons. The molecule has 0 aliphatic rings. The van der Waals surface area contributed by atoms with Crippen LogP contribution in [0.3, 0.4) is 0 Å². The second kappa shape index (κ2) is 6.83. The van der Waals surface area contributed by atoms with E-state index in [-0.39, 0.29) is 23.8 Å². The topological polar surface area (TPSA) is 74.8 Å². The maximum absolute atomic E-state index is 11.9. The Labute approximate surface area is 123 Å². The van der Waals surface area contributed by atoms with Crippen LogP contribution in [-0.2, 0) is 17.8 Å².